The first-order valence-corrected chi connectivity index (χ1v) is 3.30. The summed E-state index contributed by atoms with van der Waals surface area (Å²) in [5.41, 5.74) is -0.493. The van der Waals surface area contributed by atoms with Crippen molar-refractivity contribution in [3.8, 4) is 0 Å². The first-order valence-electron chi connectivity index (χ1n) is 3.30. The summed E-state index contributed by atoms with van der Waals surface area (Å²) in [6.07, 6.45) is 0.302. The molecule has 1 heterocycles. The molecule has 0 spiro atoms. The Labute approximate surface area is 64.4 Å². The lowest BCUT2D eigenvalue weighted by Crippen LogP contribution is -2.14. The number of hydrogen-bond acceptors (Lipinski definition) is 3. The molecule has 0 bridgehead atoms. The minimum atomic E-state index is -1.30. The highest BCUT2D eigenvalue weighted by Gasteiger charge is 2.45. The Hall–Kier alpha value is -1.03. The number of carboxylic acid groups (broad SMARTS) is 1. The van der Waals surface area contributed by atoms with Crippen LogP contribution in [0.5, 0.6) is 0 Å². The third-order valence-electron chi connectivity index (χ3n) is 1.56. The fourth-order valence-corrected chi connectivity index (χ4v) is 0.817. The van der Waals surface area contributed by atoms with E-state index in [0.29, 0.717) is 12.4 Å². The largest absolute Gasteiger partial charge is 0.511 e. The number of rotatable bonds is 2. The van der Waals surface area contributed by atoms with Crippen molar-refractivity contribution in [1.82, 2.24) is 0 Å². The molecule has 0 aliphatic carbocycles. The molecular formula is C7H10O4. The van der Waals surface area contributed by atoms with E-state index in [4.69, 9.17) is 9.84 Å². The maximum Gasteiger partial charge on any atom is 0.511 e. The van der Waals surface area contributed by atoms with Crippen molar-refractivity contribution in [3.05, 3.63) is 11.8 Å². The van der Waals surface area contributed by atoms with Crippen LogP contribution >= 0.6 is 0 Å². The quantitative estimate of drug-likeness (QED) is 0.374. The van der Waals surface area contributed by atoms with Gasteiger partial charge in [0.15, 0.2) is 0 Å². The molecule has 0 aromatic carbocycles. The molecule has 1 unspecified atom stereocenters. The van der Waals surface area contributed by atoms with Crippen molar-refractivity contribution in [2.24, 2.45) is 0 Å². The molecule has 0 aromatic heterocycles. The second-order valence-corrected chi connectivity index (χ2v) is 2.54. The smallest absolute Gasteiger partial charge is 0.449 e. The molecule has 0 saturated carbocycles. The summed E-state index contributed by atoms with van der Waals surface area (Å²) in [5.74, 6) is 0.366. The van der Waals surface area contributed by atoms with Crippen LogP contribution in [-0.2, 0) is 9.47 Å². The van der Waals surface area contributed by atoms with Crippen molar-refractivity contribution in [2.45, 2.75) is 19.4 Å². The summed E-state index contributed by atoms with van der Waals surface area (Å²) in [7, 11) is 0. The number of carbonyl (C=O) groups is 1. The Kier molecular flexibility index (Phi) is 1.87. The van der Waals surface area contributed by atoms with Gasteiger partial charge in [-0.25, -0.2) is 4.79 Å². The summed E-state index contributed by atoms with van der Waals surface area (Å²) in [4.78, 5) is 10.1. The summed E-state index contributed by atoms with van der Waals surface area (Å²) < 4.78 is 9.47. The fraction of sp³-hybridized carbons (Fsp3) is 0.571. The van der Waals surface area contributed by atoms with Gasteiger partial charge in [0.1, 0.15) is 11.4 Å². The summed E-state index contributed by atoms with van der Waals surface area (Å²) >= 11 is 0. The minimum Gasteiger partial charge on any atom is -0.449 e. The predicted octanol–water partition coefficient (Wildman–Crippen LogP) is 1.37. The molecule has 11 heavy (non-hydrogen) atoms. The van der Waals surface area contributed by atoms with Gasteiger partial charge in [-0.15, -0.1) is 0 Å². The zero-order valence-electron chi connectivity index (χ0n) is 6.46. The molecule has 1 fully saturated rings. The van der Waals surface area contributed by atoms with E-state index in [1.807, 2.05) is 0 Å². The van der Waals surface area contributed by atoms with E-state index in [0.717, 1.165) is 0 Å². The van der Waals surface area contributed by atoms with Crippen LogP contribution in [-0.4, -0.2) is 23.5 Å². The van der Waals surface area contributed by atoms with E-state index in [1.54, 1.807) is 19.9 Å². The third kappa shape index (κ3) is 1.71. The maximum absolute atomic E-state index is 10.1. The van der Waals surface area contributed by atoms with Gasteiger partial charge in [0.25, 0.3) is 0 Å². The first-order chi connectivity index (χ1) is 5.08. The molecule has 4 heteroatoms. The van der Waals surface area contributed by atoms with Crippen LogP contribution in [0.3, 0.4) is 0 Å². The van der Waals surface area contributed by atoms with Gasteiger partial charge in [-0.05, 0) is 19.9 Å². The Balaban J connectivity index is 2.58. The van der Waals surface area contributed by atoms with E-state index in [2.05, 4.69) is 4.74 Å². The monoisotopic (exact) mass is 158 g/mol. The average Bonchev–Trinajstić information content (AvgIpc) is 2.63. The van der Waals surface area contributed by atoms with Crippen LogP contribution in [0.2, 0.25) is 0 Å². The molecule has 0 amide bonds. The highest BCUT2D eigenvalue weighted by Crippen LogP contribution is 2.34. The lowest BCUT2D eigenvalue weighted by Gasteiger charge is -2.07. The lowest BCUT2D eigenvalue weighted by atomic mass is 10.1. The van der Waals surface area contributed by atoms with Crippen LogP contribution in [0.15, 0.2) is 11.8 Å². The summed E-state index contributed by atoms with van der Waals surface area (Å²) in [5, 5.41) is 8.29. The highest BCUT2D eigenvalue weighted by molar-refractivity contribution is 5.59. The summed E-state index contributed by atoms with van der Waals surface area (Å²) in [6, 6.07) is 0. The Morgan fingerprint density at radius 3 is 2.64 bits per heavy atom. The fourth-order valence-electron chi connectivity index (χ4n) is 0.817. The van der Waals surface area contributed by atoms with Crippen molar-refractivity contribution in [2.75, 3.05) is 6.61 Å². The number of allylic oxidation sites excluding steroid dienone is 1. The maximum atomic E-state index is 10.1. The van der Waals surface area contributed by atoms with Gasteiger partial charge in [-0.1, -0.05) is 0 Å². The Morgan fingerprint density at radius 2 is 2.36 bits per heavy atom. The molecule has 0 aromatic rings. The van der Waals surface area contributed by atoms with Gasteiger partial charge in [-0.3, -0.25) is 0 Å². The normalized spacial score (nSPS) is 29.8. The molecule has 1 N–H and O–H groups in total. The zero-order valence-corrected chi connectivity index (χ0v) is 6.46. The van der Waals surface area contributed by atoms with Crippen LogP contribution in [0.25, 0.3) is 0 Å². The SMILES string of the molecule is C/C=C(\OC(=O)O)C1(C)CO1. The average molecular weight is 158 g/mol. The zero-order chi connectivity index (χ0) is 8.48. The van der Waals surface area contributed by atoms with Crippen LogP contribution in [0, 0.1) is 0 Å². The Morgan fingerprint density at radius 1 is 1.82 bits per heavy atom. The molecule has 1 rings (SSSR count). The lowest BCUT2D eigenvalue weighted by molar-refractivity contribution is 0.104. The highest BCUT2D eigenvalue weighted by atomic mass is 16.7. The van der Waals surface area contributed by atoms with Gasteiger partial charge in [0.2, 0.25) is 0 Å². The van der Waals surface area contributed by atoms with E-state index >= 15 is 0 Å². The standard InChI is InChI=1S/C7H10O4/c1-3-5(11-6(8)9)7(2)4-10-7/h3H,4H2,1-2H3,(H,8,9)/b5-3-. The van der Waals surface area contributed by atoms with Crippen LogP contribution in [0.4, 0.5) is 4.79 Å². The molecular weight excluding hydrogens is 148 g/mol. The topological polar surface area (TPSA) is 59.1 Å². The number of epoxide rings is 1. The van der Waals surface area contributed by atoms with Crippen LogP contribution < -0.4 is 0 Å². The molecule has 4 nitrogen and oxygen atoms in total. The molecule has 1 aliphatic heterocycles. The van der Waals surface area contributed by atoms with E-state index in [-0.39, 0.29) is 0 Å². The van der Waals surface area contributed by atoms with Crippen molar-refractivity contribution >= 4 is 6.16 Å². The number of ether oxygens (including phenoxy) is 2. The minimum absolute atomic E-state index is 0.366. The molecule has 1 aliphatic rings. The van der Waals surface area contributed by atoms with Crippen molar-refractivity contribution < 1.29 is 19.4 Å². The first kappa shape index (κ1) is 8.07. The van der Waals surface area contributed by atoms with Gasteiger partial charge in [-0.2, -0.15) is 0 Å². The molecule has 1 atom stereocenters. The molecule has 1 saturated heterocycles. The second-order valence-electron chi connectivity index (χ2n) is 2.54. The van der Waals surface area contributed by atoms with Gasteiger partial charge in [0.05, 0.1) is 6.61 Å². The van der Waals surface area contributed by atoms with Crippen LogP contribution in [0.1, 0.15) is 13.8 Å². The molecule has 0 radical (unpaired) electrons. The van der Waals surface area contributed by atoms with E-state index in [9.17, 15) is 4.79 Å². The van der Waals surface area contributed by atoms with Crippen molar-refractivity contribution in [1.29, 1.82) is 0 Å². The van der Waals surface area contributed by atoms with E-state index < -0.39 is 11.8 Å². The van der Waals surface area contributed by atoms with Gasteiger partial charge < -0.3 is 14.6 Å². The second kappa shape index (κ2) is 2.54. The predicted molar refractivity (Wildman–Crippen MR) is 37.2 cm³/mol. The number of hydrogen-bond donors (Lipinski definition) is 1. The van der Waals surface area contributed by atoms with Gasteiger partial charge >= 0.3 is 6.16 Å². The van der Waals surface area contributed by atoms with Gasteiger partial charge in [0, 0.05) is 0 Å². The van der Waals surface area contributed by atoms with E-state index in [1.165, 1.54) is 0 Å². The Bertz CT molecular complexity index is 202. The molecule has 62 valence electrons. The third-order valence-corrected chi connectivity index (χ3v) is 1.56. The summed E-state index contributed by atoms with van der Waals surface area (Å²) in [6.45, 7) is 4.02. The van der Waals surface area contributed by atoms with Crippen molar-refractivity contribution in [3.63, 3.8) is 0 Å².